The minimum atomic E-state index is -2.93. The Morgan fingerprint density at radius 2 is 0.879 bits per heavy atom. The Bertz CT molecular complexity index is 2450. The van der Waals surface area contributed by atoms with Crippen LogP contribution in [0.4, 0.5) is 0 Å². The summed E-state index contributed by atoms with van der Waals surface area (Å²) in [5, 5.41) is 1.95. The molecule has 7 rings (SSSR count). The molecular formula is C54H54O11Si. The summed E-state index contributed by atoms with van der Waals surface area (Å²) in [6.45, 7) is 8.24. The van der Waals surface area contributed by atoms with Crippen molar-refractivity contribution in [3.63, 3.8) is 0 Å². The standard InChI is InChI=1S/C54H54O11Si/c1-38(35-36-60-66(54(2,3)4,43-31-19-9-20-32-43)44-33-21-10-22-34-44)61-53-48(65-52(58)42-29-17-8-18-30-42)47(64-51(57)41-27-15-7-16-28-41)46(63-50(56)40-25-13-6-14-26-40)45(62-53)37-59-49(55)39-23-11-5-12-24-39/h5-34,38,45-48,53H,35-37H2,1-4H3/t38-,45-,46+,47+,48-,53-/m1/s1. The zero-order valence-corrected chi connectivity index (χ0v) is 38.4. The molecule has 0 bridgehead atoms. The molecule has 1 aliphatic rings. The van der Waals surface area contributed by atoms with Crippen LogP contribution in [0.5, 0.6) is 0 Å². The Hall–Kier alpha value is -6.70. The van der Waals surface area contributed by atoms with Crippen LogP contribution in [0.15, 0.2) is 182 Å². The van der Waals surface area contributed by atoms with E-state index in [9.17, 15) is 19.2 Å². The fraction of sp³-hybridized carbons (Fsp3) is 0.259. The predicted molar refractivity (Wildman–Crippen MR) is 251 cm³/mol. The number of benzene rings is 6. The van der Waals surface area contributed by atoms with Crippen molar-refractivity contribution in [3.8, 4) is 0 Å². The third-order valence-electron chi connectivity index (χ3n) is 11.4. The maximum Gasteiger partial charge on any atom is 0.338 e. The monoisotopic (exact) mass is 906 g/mol. The molecule has 1 heterocycles. The molecule has 6 aromatic rings. The lowest BCUT2D eigenvalue weighted by molar-refractivity contribution is -0.307. The van der Waals surface area contributed by atoms with Gasteiger partial charge in [-0.2, -0.15) is 0 Å². The average Bonchev–Trinajstić information content (AvgIpc) is 3.35. The summed E-state index contributed by atoms with van der Waals surface area (Å²) < 4.78 is 45.0. The summed E-state index contributed by atoms with van der Waals surface area (Å²) in [6.07, 6.45) is -7.54. The molecule has 0 amide bonds. The zero-order chi connectivity index (χ0) is 46.5. The van der Waals surface area contributed by atoms with Gasteiger partial charge in [0.2, 0.25) is 0 Å². The number of carbonyl (C=O) groups excluding carboxylic acids is 4. The summed E-state index contributed by atoms with van der Waals surface area (Å²) in [4.78, 5) is 55.4. The van der Waals surface area contributed by atoms with Crippen molar-refractivity contribution in [2.75, 3.05) is 13.2 Å². The molecule has 0 aromatic heterocycles. The molecule has 0 radical (unpaired) electrons. The minimum absolute atomic E-state index is 0.184. The lowest BCUT2D eigenvalue weighted by Crippen LogP contribution is -2.66. The molecule has 6 aromatic carbocycles. The van der Waals surface area contributed by atoms with E-state index >= 15 is 0 Å². The Balaban J connectivity index is 1.24. The van der Waals surface area contributed by atoms with Gasteiger partial charge >= 0.3 is 23.9 Å². The van der Waals surface area contributed by atoms with Crippen molar-refractivity contribution in [3.05, 3.63) is 204 Å². The first-order valence-electron chi connectivity index (χ1n) is 22.0. The maximum absolute atomic E-state index is 14.1. The van der Waals surface area contributed by atoms with Gasteiger partial charge in [-0.05, 0) is 77.3 Å². The lowest BCUT2D eigenvalue weighted by atomic mass is 9.97. The summed E-state index contributed by atoms with van der Waals surface area (Å²) in [6, 6.07) is 53.7. The molecule has 0 N–H and O–H groups in total. The Morgan fingerprint density at radius 1 is 0.515 bits per heavy atom. The van der Waals surface area contributed by atoms with Crippen LogP contribution >= 0.6 is 0 Å². The van der Waals surface area contributed by atoms with E-state index in [-0.39, 0.29) is 33.9 Å². The number of hydrogen-bond donors (Lipinski definition) is 0. The molecule has 6 atom stereocenters. The van der Waals surface area contributed by atoms with Crippen LogP contribution < -0.4 is 10.4 Å². The molecule has 0 saturated carbocycles. The highest BCUT2D eigenvalue weighted by atomic mass is 28.4. The van der Waals surface area contributed by atoms with E-state index in [2.05, 4.69) is 45.0 Å². The number of rotatable bonds is 17. The second-order valence-electron chi connectivity index (χ2n) is 17.0. The molecule has 1 fully saturated rings. The van der Waals surface area contributed by atoms with Crippen molar-refractivity contribution in [1.29, 1.82) is 0 Å². The van der Waals surface area contributed by atoms with Crippen molar-refractivity contribution < 1.29 is 52.0 Å². The van der Waals surface area contributed by atoms with Gasteiger partial charge in [0.05, 0.1) is 28.4 Å². The average molecular weight is 907 g/mol. The van der Waals surface area contributed by atoms with Crippen LogP contribution in [0.3, 0.4) is 0 Å². The fourth-order valence-corrected chi connectivity index (χ4v) is 12.7. The van der Waals surface area contributed by atoms with Crippen LogP contribution in [0.25, 0.3) is 0 Å². The van der Waals surface area contributed by atoms with E-state index in [0.717, 1.165) is 10.4 Å². The fourth-order valence-electron chi connectivity index (χ4n) is 8.07. The number of ether oxygens (including phenoxy) is 6. The van der Waals surface area contributed by atoms with Gasteiger partial charge in [0.1, 0.15) is 12.7 Å². The molecule has 1 aliphatic heterocycles. The lowest BCUT2D eigenvalue weighted by Gasteiger charge is -2.45. The molecule has 1 saturated heterocycles. The molecule has 66 heavy (non-hydrogen) atoms. The third kappa shape index (κ3) is 11.4. The smallest absolute Gasteiger partial charge is 0.338 e. The quantitative estimate of drug-likeness (QED) is 0.0495. The first-order valence-corrected chi connectivity index (χ1v) is 23.9. The Labute approximate surface area is 386 Å². The zero-order valence-electron chi connectivity index (χ0n) is 37.4. The highest BCUT2D eigenvalue weighted by Gasteiger charge is 2.54. The van der Waals surface area contributed by atoms with Crippen molar-refractivity contribution in [2.24, 2.45) is 0 Å². The van der Waals surface area contributed by atoms with Gasteiger partial charge < -0.3 is 32.8 Å². The van der Waals surface area contributed by atoms with Gasteiger partial charge in [-0.25, -0.2) is 19.2 Å². The first-order chi connectivity index (χ1) is 31.9. The highest BCUT2D eigenvalue weighted by Crippen LogP contribution is 2.37. The maximum atomic E-state index is 14.1. The topological polar surface area (TPSA) is 133 Å². The Kier molecular flexibility index (Phi) is 15.7. The van der Waals surface area contributed by atoms with E-state index in [1.54, 1.807) is 121 Å². The number of esters is 4. The predicted octanol–water partition coefficient (Wildman–Crippen LogP) is 8.62. The summed E-state index contributed by atoms with van der Waals surface area (Å²) in [5.41, 5.74) is 0.850. The second kappa shape index (κ2) is 22.0. The van der Waals surface area contributed by atoms with Crippen molar-refractivity contribution in [2.45, 2.75) is 76.0 Å². The second-order valence-corrected chi connectivity index (χ2v) is 21.3. The number of hydrogen-bond acceptors (Lipinski definition) is 11. The molecular weight excluding hydrogens is 853 g/mol. The van der Waals surface area contributed by atoms with Crippen LogP contribution in [-0.4, -0.2) is 82.2 Å². The van der Waals surface area contributed by atoms with Crippen LogP contribution in [-0.2, 0) is 32.8 Å². The summed E-state index contributed by atoms with van der Waals surface area (Å²) >= 11 is 0. The largest absolute Gasteiger partial charge is 0.459 e. The summed E-state index contributed by atoms with van der Waals surface area (Å²) in [5.74, 6) is -3.03. The van der Waals surface area contributed by atoms with E-state index in [1.165, 1.54) is 0 Å². The molecule has 0 unspecified atom stereocenters. The van der Waals surface area contributed by atoms with Crippen molar-refractivity contribution >= 4 is 42.6 Å². The van der Waals surface area contributed by atoms with Gasteiger partial charge in [-0.15, -0.1) is 0 Å². The van der Waals surface area contributed by atoms with Gasteiger partial charge in [-0.1, -0.05) is 154 Å². The van der Waals surface area contributed by atoms with E-state index in [4.69, 9.17) is 32.8 Å². The number of carbonyl (C=O) groups is 4. The van der Waals surface area contributed by atoms with Crippen LogP contribution in [0, 0.1) is 0 Å². The Morgan fingerprint density at radius 3 is 1.29 bits per heavy atom. The minimum Gasteiger partial charge on any atom is -0.459 e. The van der Waals surface area contributed by atoms with E-state index in [1.807, 2.05) is 43.3 Å². The normalized spacial score (nSPS) is 18.9. The SMILES string of the molecule is C[C@H](CCO[Si](c1ccccc1)(c1ccccc1)C(C)(C)C)O[C@@H]1O[C@H](COC(=O)c2ccccc2)[C@H](OC(=O)c2ccccc2)[C@H](OC(=O)c2ccccc2)[C@H]1OC(=O)c1ccccc1. The third-order valence-corrected chi connectivity index (χ3v) is 16.4. The highest BCUT2D eigenvalue weighted by molar-refractivity contribution is 6.99. The first kappa shape index (κ1) is 47.3. The molecule has 0 spiro atoms. The van der Waals surface area contributed by atoms with Gasteiger partial charge in [-0.3, -0.25) is 0 Å². The van der Waals surface area contributed by atoms with Crippen molar-refractivity contribution in [1.82, 2.24) is 0 Å². The molecule has 0 aliphatic carbocycles. The van der Waals surface area contributed by atoms with E-state index in [0.29, 0.717) is 6.42 Å². The summed E-state index contributed by atoms with van der Waals surface area (Å²) in [7, 11) is -2.93. The van der Waals surface area contributed by atoms with Gasteiger partial charge in [0, 0.05) is 6.61 Å². The van der Waals surface area contributed by atoms with Gasteiger partial charge in [0.25, 0.3) is 8.32 Å². The van der Waals surface area contributed by atoms with Gasteiger partial charge in [0.15, 0.2) is 24.6 Å². The molecule has 12 heteroatoms. The van der Waals surface area contributed by atoms with Crippen LogP contribution in [0.1, 0.15) is 75.5 Å². The molecule has 11 nitrogen and oxygen atoms in total. The van der Waals surface area contributed by atoms with Crippen LogP contribution in [0.2, 0.25) is 5.04 Å². The molecule has 340 valence electrons. The van der Waals surface area contributed by atoms with E-state index < -0.39 is 75.6 Å².